The van der Waals surface area contributed by atoms with Crippen LogP contribution < -0.4 is 0 Å². The summed E-state index contributed by atoms with van der Waals surface area (Å²) < 4.78 is 26.5. The Balaban J connectivity index is 2.48. The van der Waals surface area contributed by atoms with E-state index in [1.165, 1.54) is 6.07 Å². The molecule has 0 bridgehead atoms. The van der Waals surface area contributed by atoms with E-state index >= 15 is 0 Å². The second-order valence-electron chi connectivity index (χ2n) is 3.80. The second kappa shape index (κ2) is 4.10. The minimum absolute atomic E-state index is 0.259. The Labute approximate surface area is 91.5 Å². The summed E-state index contributed by atoms with van der Waals surface area (Å²) in [6.07, 6.45) is -0.0944. The normalized spacial score (nSPS) is 25.9. The quantitative estimate of drug-likeness (QED) is 0.739. The zero-order valence-corrected chi connectivity index (χ0v) is 9.15. The van der Waals surface area contributed by atoms with Crippen LogP contribution >= 0.6 is 11.8 Å². The van der Waals surface area contributed by atoms with Crippen LogP contribution in [0.3, 0.4) is 0 Å². The fraction of sp³-hybridized carbons (Fsp3) is 0.455. The summed E-state index contributed by atoms with van der Waals surface area (Å²) in [4.78, 5) is 0. The lowest BCUT2D eigenvalue weighted by Gasteiger charge is -2.12. The molecule has 1 aromatic rings. The predicted molar refractivity (Wildman–Crippen MR) is 56.7 cm³/mol. The van der Waals surface area contributed by atoms with E-state index in [-0.39, 0.29) is 5.25 Å². The molecule has 2 rings (SSSR count). The van der Waals surface area contributed by atoms with E-state index in [1.54, 1.807) is 11.8 Å². The van der Waals surface area contributed by atoms with Crippen LogP contribution in [0.1, 0.15) is 30.6 Å². The zero-order valence-electron chi connectivity index (χ0n) is 8.34. The molecule has 0 amide bonds. The molecular weight excluding hydrogens is 218 g/mol. The molecule has 0 aliphatic carbocycles. The highest BCUT2D eigenvalue weighted by atomic mass is 32.2. The van der Waals surface area contributed by atoms with Gasteiger partial charge in [-0.15, -0.1) is 0 Å². The second-order valence-corrected chi connectivity index (χ2v) is 5.23. The minimum atomic E-state index is -0.837. The number of hydrogen-bond donors (Lipinski definition) is 1. The van der Waals surface area contributed by atoms with Gasteiger partial charge in [0.2, 0.25) is 0 Å². The van der Waals surface area contributed by atoms with E-state index in [0.29, 0.717) is 23.3 Å². The van der Waals surface area contributed by atoms with Crippen LogP contribution in [0.5, 0.6) is 0 Å². The first-order chi connectivity index (χ1) is 7.09. The van der Waals surface area contributed by atoms with Crippen LogP contribution in [-0.4, -0.2) is 10.4 Å². The minimum Gasteiger partial charge on any atom is -0.388 e. The van der Waals surface area contributed by atoms with Crippen molar-refractivity contribution in [3.63, 3.8) is 0 Å². The number of aliphatic hydroxyl groups is 1. The molecule has 0 spiro atoms. The van der Waals surface area contributed by atoms with Crippen molar-refractivity contribution in [2.75, 3.05) is 0 Å². The number of thioether (sulfide) groups is 1. The van der Waals surface area contributed by atoms with Gasteiger partial charge in [0.05, 0.1) is 6.10 Å². The van der Waals surface area contributed by atoms with Gasteiger partial charge in [0.15, 0.2) is 11.6 Å². The number of fused-ring (bicyclic) bond motifs is 1. The third-order valence-corrected chi connectivity index (χ3v) is 3.88. The van der Waals surface area contributed by atoms with Crippen molar-refractivity contribution in [3.8, 4) is 0 Å². The third kappa shape index (κ3) is 2.01. The predicted octanol–water partition coefficient (Wildman–Crippen LogP) is 3.02. The van der Waals surface area contributed by atoms with Crippen molar-refractivity contribution in [1.29, 1.82) is 0 Å². The molecule has 1 aliphatic heterocycles. The molecule has 2 atom stereocenters. The summed E-state index contributed by atoms with van der Waals surface area (Å²) >= 11 is 1.54. The van der Waals surface area contributed by atoms with Crippen molar-refractivity contribution in [3.05, 3.63) is 34.9 Å². The number of aliphatic hydroxyl groups excluding tert-OH is 1. The van der Waals surface area contributed by atoms with E-state index in [0.717, 1.165) is 6.07 Å². The van der Waals surface area contributed by atoms with Crippen LogP contribution in [0.25, 0.3) is 0 Å². The standard InChI is InChI=1S/C11H12F2OS/c1-6-4-10(14)7-2-3-9(12)11(13)8(7)5-15-6/h2-3,6,10,14H,4-5H2,1H3. The van der Waals surface area contributed by atoms with Crippen LogP contribution in [0, 0.1) is 11.6 Å². The number of halogens is 2. The van der Waals surface area contributed by atoms with Gasteiger partial charge in [-0.3, -0.25) is 0 Å². The molecule has 1 aliphatic rings. The smallest absolute Gasteiger partial charge is 0.163 e. The van der Waals surface area contributed by atoms with Gasteiger partial charge in [0, 0.05) is 16.6 Å². The van der Waals surface area contributed by atoms with Gasteiger partial charge >= 0.3 is 0 Å². The third-order valence-electron chi connectivity index (χ3n) is 2.66. The van der Waals surface area contributed by atoms with Crippen LogP contribution in [0.4, 0.5) is 8.78 Å². The average Bonchev–Trinajstić information content (AvgIpc) is 2.32. The van der Waals surface area contributed by atoms with Gasteiger partial charge < -0.3 is 5.11 Å². The zero-order chi connectivity index (χ0) is 11.0. The highest BCUT2D eigenvalue weighted by Crippen LogP contribution is 2.36. The van der Waals surface area contributed by atoms with E-state index in [1.807, 2.05) is 6.92 Å². The van der Waals surface area contributed by atoms with E-state index in [4.69, 9.17) is 0 Å². The van der Waals surface area contributed by atoms with Gasteiger partial charge in [0.25, 0.3) is 0 Å². The molecule has 0 saturated heterocycles. The highest BCUT2D eigenvalue weighted by molar-refractivity contribution is 7.99. The molecule has 4 heteroatoms. The lowest BCUT2D eigenvalue weighted by atomic mass is 10.00. The Kier molecular flexibility index (Phi) is 2.98. The van der Waals surface area contributed by atoms with Crippen LogP contribution in [0.2, 0.25) is 0 Å². The SMILES string of the molecule is CC1CC(O)c2ccc(F)c(F)c2CS1. The lowest BCUT2D eigenvalue weighted by Crippen LogP contribution is -2.05. The molecule has 1 N–H and O–H groups in total. The maximum atomic E-state index is 13.5. The molecule has 0 saturated carbocycles. The van der Waals surface area contributed by atoms with Gasteiger partial charge in [0.1, 0.15) is 0 Å². The molecular formula is C11H12F2OS. The Morgan fingerprint density at radius 3 is 2.87 bits per heavy atom. The molecule has 82 valence electrons. The molecule has 15 heavy (non-hydrogen) atoms. The largest absolute Gasteiger partial charge is 0.388 e. The maximum Gasteiger partial charge on any atom is 0.163 e. The molecule has 1 heterocycles. The monoisotopic (exact) mass is 230 g/mol. The van der Waals surface area contributed by atoms with Gasteiger partial charge in [-0.25, -0.2) is 8.78 Å². The first kappa shape index (κ1) is 10.9. The Morgan fingerprint density at radius 1 is 1.40 bits per heavy atom. The Morgan fingerprint density at radius 2 is 2.13 bits per heavy atom. The summed E-state index contributed by atoms with van der Waals surface area (Å²) in [5.41, 5.74) is 0.850. The van der Waals surface area contributed by atoms with Crippen molar-refractivity contribution in [2.24, 2.45) is 0 Å². The van der Waals surface area contributed by atoms with E-state index < -0.39 is 17.7 Å². The number of benzene rings is 1. The topological polar surface area (TPSA) is 20.2 Å². The van der Waals surface area contributed by atoms with Crippen molar-refractivity contribution in [2.45, 2.75) is 30.5 Å². The van der Waals surface area contributed by atoms with Crippen molar-refractivity contribution < 1.29 is 13.9 Å². The van der Waals surface area contributed by atoms with Gasteiger partial charge in [-0.05, 0) is 18.1 Å². The van der Waals surface area contributed by atoms with Crippen LogP contribution in [-0.2, 0) is 5.75 Å². The van der Waals surface area contributed by atoms with Crippen molar-refractivity contribution in [1.82, 2.24) is 0 Å². The van der Waals surface area contributed by atoms with Crippen LogP contribution in [0.15, 0.2) is 12.1 Å². The van der Waals surface area contributed by atoms with E-state index in [2.05, 4.69) is 0 Å². The Hall–Kier alpha value is -0.610. The number of hydrogen-bond acceptors (Lipinski definition) is 2. The molecule has 0 fully saturated rings. The fourth-order valence-corrected chi connectivity index (χ4v) is 2.86. The summed E-state index contributed by atoms with van der Waals surface area (Å²) in [5.74, 6) is -1.22. The van der Waals surface area contributed by atoms with Gasteiger partial charge in [-0.1, -0.05) is 13.0 Å². The molecule has 1 nitrogen and oxygen atoms in total. The Bertz CT molecular complexity index is 381. The summed E-state index contributed by atoms with van der Waals surface area (Å²) in [5, 5.41) is 10.1. The first-order valence-electron chi connectivity index (χ1n) is 4.86. The fourth-order valence-electron chi connectivity index (χ4n) is 1.80. The summed E-state index contributed by atoms with van der Waals surface area (Å²) in [6, 6.07) is 2.56. The summed E-state index contributed by atoms with van der Waals surface area (Å²) in [7, 11) is 0. The average molecular weight is 230 g/mol. The molecule has 1 aromatic carbocycles. The molecule has 0 radical (unpaired) electrons. The molecule has 0 aromatic heterocycles. The van der Waals surface area contributed by atoms with E-state index in [9.17, 15) is 13.9 Å². The first-order valence-corrected chi connectivity index (χ1v) is 5.91. The lowest BCUT2D eigenvalue weighted by molar-refractivity contribution is 0.167. The summed E-state index contributed by atoms with van der Waals surface area (Å²) in [6.45, 7) is 1.98. The highest BCUT2D eigenvalue weighted by Gasteiger charge is 2.24. The van der Waals surface area contributed by atoms with Crippen molar-refractivity contribution >= 4 is 11.8 Å². The van der Waals surface area contributed by atoms with Gasteiger partial charge in [-0.2, -0.15) is 11.8 Å². The number of rotatable bonds is 0. The maximum absolute atomic E-state index is 13.5. The molecule has 2 unspecified atom stereocenters.